The number of hydrogen-bond donors (Lipinski definition) is 2. The minimum absolute atomic E-state index is 0.103. The van der Waals surface area contributed by atoms with E-state index in [1.54, 1.807) is 36.2 Å². The van der Waals surface area contributed by atoms with E-state index < -0.39 is 23.8 Å². The molecule has 1 heterocycles. The van der Waals surface area contributed by atoms with Crippen molar-refractivity contribution < 1.29 is 33.3 Å². The summed E-state index contributed by atoms with van der Waals surface area (Å²) in [4.78, 5) is 56.2. The van der Waals surface area contributed by atoms with E-state index in [0.717, 1.165) is 11.1 Å². The number of carbonyl (C=O) groups excluding carboxylic acids is 3. The predicted molar refractivity (Wildman–Crippen MR) is 184 cm³/mol. The number of nitrogens with zero attached hydrogens (tertiary/aromatic N) is 2. The molecule has 1 aliphatic heterocycles. The maximum absolute atomic E-state index is 14.0. The Labute approximate surface area is 283 Å². The second-order valence-electron chi connectivity index (χ2n) is 13.4. The van der Waals surface area contributed by atoms with E-state index in [2.05, 4.69) is 10.6 Å². The van der Waals surface area contributed by atoms with Crippen LogP contribution < -0.4 is 30.3 Å². The van der Waals surface area contributed by atoms with E-state index in [0.29, 0.717) is 73.8 Å². The molecule has 0 radical (unpaired) electrons. The Kier molecular flexibility index (Phi) is 11.5. The molecule has 0 aromatic heterocycles. The number of fused-ring (bicyclic) bond motifs is 3. The van der Waals surface area contributed by atoms with Crippen molar-refractivity contribution >= 4 is 23.6 Å². The number of piperazine rings is 1. The first kappa shape index (κ1) is 36.4. The van der Waals surface area contributed by atoms with E-state index in [-0.39, 0.29) is 28.8 Å². The maximum atomic E-state index is 14.0. The van der Waals surface area contributed by atoms with Crippen LogP contribution in [-0.2, 0) is 20.7 Å². The topological polar surface area (TPSA) is 136 Å². The second-order valence-corrected chi connectivity index (χ2v) is 13.4. The van der Waals surface area contributed by atoms with E-state index in [4.69, 9.17) is 18.9 Å². The lowest BCUT2D eigenvalue weighted by Gasteiger charge is -2.38. The highest BCUT2D eigenvalue weighted by Gasteiger charge is 2.34. The number of rotatable bonds is 9. The molecule has 1 fully saturated rings. The van der Waals surface area contributed by atoms with Crippen molar-refractivity contribution in [1.29, 1.82) is 0 Å². The fraction of sp³-hybridized carbons (Fsp3) is 0.556. The molecule has 1 saturated heterocycles. The van der Waals surface area contributed by atoms with Crippen LogP contribution in [0.15, 0.2) is 29.1 Å². The molecular formula is C36H50N4O8. The minimum atomic E-state index is -0.685. The zero-order valence-corrected chi connectivity index (χ0v) is 29.7. The van der Waals surface area contributed by atoms with Crippen molar-refractivity contribution in [1.82, 2.24) is 15.1 Å². The lowest BCUT2D eigenvalue weighted by molar-refractivity contribution is -0.134. The SMILES string of the molecule is CC[C@H](C)[C@@H](Nc1ccc2c(cc1=O)[C@H](NC(C)=O)CCc1cc(OC)c(OC)c(OC)c1-2)C(=O)N1CCN(C(=O)OC(C)(C)C)CC1. The van der Waals surface area contributed by atoms with Crippen molar-refractivity contribution in [2.45, 2.75) is 78.5 Å². The Balaban J connectivity index is 1.73. The quantitative estimate of drug-likeness (QED) is 0.388. The Bertz CT molecular complexity index is 1580. The average Bonchev–Trinajstić information content (AvgIpc) is 3.29. The zero-order valence-electron chi connectivity index (χ0n) is 29.7. The van der Waals surface area contributed by atoms with Crippen molar-refractivity contribution in [3.8, 4) is 28.4 Å². The van der Waals surface area contributed by atoms with Gasteiger partial charge < -0.3 is 39.4 Å². The lowest BCUT2D eigenvalue weighted by Crippen LogP contribution is -2.55. The lowest BCUT2D eigenvalue weighted by atomic mass is 9.95. The van der Waals surface area contributed by atoms with Crippen LogP contribution in [0.2, 0.25) is 0 Å². The number of ether oxygens (including phenoxy) is 4. The van der Waals surface area contributed by atoms with E-state index in [1.165, 1.54) is 14.0 Å². The summed E-state index contributed by atoms with van der Waals surface area (Å²) in [6, 6.07) is 5.84. The summed E-state index contributed by atoms with van der Waals surface area (Å²) in [5.41, 5.74) is 2.35. The molecule has 1 aliphatic carbocycles. The van der Waals surface area contributed by atoms with Crippen LogP contribution in [0.5, 0.6) is 17.2 Å². The van der Waals surface area contributed by atoms with Gasteiger partial charge in [-0.1, -0.05) is 26.3 Å². The molecule has 2 aliphatic rings. The minimum Gasteiger partial charge on any atom is -0.493 e. The van der Waals surface area contributed by atoms with Gasteiger partial charge in [0.2, 0.25) is 23.0 Å². The molecule has 2 aromatic rings. The molecule has 12 nitrogen and oxygen atoms in total. The van der Waals surface area contributed by atoms with E-state index in [1.807, 2.05) is 46.8 Å². The molecule has 2 N–H and O–H groups in total. The molecule has 262 valence electrons. The molecule has 3 amide bonds. The Morgan fingerprint density at radius 3 is 2.17 bits per heavy atom. The highest BCUT2D eigenvalue weighted by molar-refractivity contribution is 5.86. The Morgan fingerprint density at radius 1 is 0.958 bits per heavy atom. The summed E-state index contributed by atoms with van der Waals surface area (Å²) in [7, 11) is 4.65. The number of aryl methyl sites for hydroxylation is 1. The summed E-state index contributed by atoms with van der Waals surface area (Å²) < 4.78 is 22.7. The van der Waals surface area contributed by atoms with E-state index >= 15 is 0 Å². The summed E-state index contributed by atoms with van der Waals surface area (Å²) >= 11 is 0. The van der Waals surface area contributed by atoms with Gasteiger partial charge in [0.1, 0.15) is 11.6 Å². The van der Waals surface area contributed by atoms with Gasteiger partial charge in [-0.3, -0.25) is 14.4 Å². The van der Waals surface area contributed by atoms with Crippen LogP contribution >= 0.6 is 0 Å². The van der Waals surface area contributed by atoms with Crippen molar-refractivity contribution in [2.24, 2.45) is 5.92 Å². The smallest absolute Gasteiger partial charge is 0.410 e. The number of methoxy groups -OCH3 is 3. The summed E-state index contributed by atoms with van der Waals surface area (Å²) in [5, 5.41) is 6.32. The molecular weight excluding hydrogens is 616 g/mol. The van der Waals surface area contributed by atoms with Crippen LogP contribution in [-0.4, -0.2) is 86.9 Å². The first-order valence-corrected chi connectivity index (χ1v) is 16.5. The number of anilines is 1. The van der Waals surface area contributed by atoms with Gasteiger partial charge in [0, 0.05) is 38.7 Å². The van der Waals surface area contributed by atoms with Crippen LogP contribution in [0.25, 0.3) is 11.1 Å². The Hall–Kier alpha value is -4.48. The second kappa shape index (κ2) is 15.2. The Morgan fingerprint density at radius 2 is 1.60 bits per heavy atom. The third-order valence-corrected chi connectivity index (χ3v) is 8.95. The molecule has 0 unspecified atom stereocenters. The fourth-order valence-electron chi connectivity index (χ4n) is 6.31. The third kappa shape index (κ3) is 7.96. The van der Waals surface area contributed by atoms with Crippen LogP contribution in [0.1, 0.15) is 71.6 Å². The maximum Gasteiger partial charge on any atom is 0.410 e. The molecule has 2 aromatic carbocycles. The first-order valence-electron chi connectivity index (χ1n) is 16.5. The number of carbonyl (C=O) groups is 3. The monoisotopic (exact) mass is 666 g/mol. The highest BCUT2D eigenvalue weighted by Crippen LogP contribution is 2.50. The van der Waals surface area contributed by atoms with Gasteiger partial charge in [-0.25, -0.2) is 4.79 Å². The number of benzene rings is 1. The fourth-order valence-corrected chi connectivity index (χ4v) is 6.31. The average molecular weight is 667 g/mol. The normalized spacial score (nSPS) is 17.1. The van der Waals surface area contributed by atoms with Crippen LogP contribution in [0.4, 0.5) is 10.5 Å². The number of hydrogen-bond acceptors (Lipinski definition) is 9. The molecule has 0 saturated carbocycles. The summed E-state index contributed by atoms with van der Waals surface area (Å²) in [6.07, 6.45) is 1.42. The summed E-state index contributed by atoms with van der Waals surface area (Å²) in [6.45, 7) is 12.3. The first-order chi connectivity index (χ1) is 22.7. The molecule has 12 heteroatoms. The van der Waals surface area contributed by atoms with Crippen LogP contribution in [0, 0.1) is 5.92 Å². The molecule has 48 heavy (non-hydrogen) atoms. The van der Waals surface area contributed by atoms with Gasteiger partial charge in [-0.05, 0) is 74.4 Å². The van der Waals surface area contributed by atoms with Gasteiger partial charge in [0.25, 0.3) is 0 Å². The predicted octanol–water partition coefficient (Wildman–Crippen LogP) is 4.77. The van der Waals surface area contributed by atoms with E-state index in [9.17, 15) is 19.2 Å². The van der Waals surface area contributed by atoms with Crippen molar-refractivity contribution in [3.63, 3.8) is 0 Å². The van der Waals surface area contributed by atoms with Crippen molar-refractivity contribution in [2.75, 3.05) is 52.8 Å². The molecule has 3 atom stereocenters. The van der Waals surface area contributed by atoms with Gasteiger partial charge in [0.05, 0.1) is 33.1 Å². The third-order valence-electron chi connectivity index (χ3n) is 8.95. The zero-order chi connectivity index (χ0) is 35.3. The molecule has 4 rings (SSSR count). The van der Waals surface area contributed by atoms with Gasteiger partial charge in [-0.15, -0.1) is 0 Å². The highest BCUT2D eigenvalue weighted by atomic mass is 16.6. The number of nitrogens with one attached hydrogen (secondary N) is 2. The van der Waals surface area contributed by atoms with Gasteiger partial charge in [0.15, 0.2) is 11.5 Å². The largest absolute Gasteiger partial charge is 0.493 e. The van der Waals surface area contributed by atoms with Gasteiger partial charge >= 0.3 is 6.09 Å². The molecule has 0 bridgehead atoms. The summed E-state index contributed by atoms with van der Waals surface area (Å²) in [5.74, 6) is 0.939. The van der Waals surface area contributed by atoms with Crippen molar-refractivity contribution in [3.05, 3.63) is 45.6 Å². The molecule has 0 spiro atoms. The van der Waals surface area contributed by atoms with Gasteiger partial charge in [-0.2, -0.15) is 0 Å². The standard InChI is InChI=1S/C36H50N4O8/c1-10-21(2)31(34(43)39-15-17-40(18-16-39)35(44)48-36(4,5)6)38-27-14-12-24-25(20-28(27)42)26(37-22(3)41)13-11-23-19-29(45-7)32(46-8)33(47-9)30(23)24/h12,14,19-21,26,31H,10-11,13,15-18H2,1-9H3,(H,37,41)(H,38,42)/t21-,26+,31+/m0/s1. The number of amides is 3. The van der Waals surface area contributed by atoms with Crippen LogP contribution in [0.3, 0.4) is 0 Å².